The number of amides is 1. The molecule has 0 heterocycles. The highest BCUT2D eigenvalue weighted by molar-refractivity contribution is 7.80. The lowest BCUT2D eigenvalue weighted by atomic mass is 10.1. The van der Waals surface area contributed by atoms with Crippen LogP contribution in [0, 0.1) is 0 Å². The zero-order chi connectivity index (χ0) is 16.9. The van der Waals surface area contributed by atoms with Crippen LogP contribution >= 0.6 is 12.2 Å². The predicted molar refractivity (Wildman–Crippen MR) is 89.9 cm³/mol. The zero-order valence-corrected chi connectivity index (χ0v) is 14.3. The monoisotopic (exact) mass is 326 g/mol. The van der Waals surface area contributed by atoms with E-state index in [0.29, 0.717) is 28.6 Å². The number of carbonyl (C=O) groups is 1. The average Bonchev–Trinajstić information content (AvgIpc) is 2.34. The van der Waals surface area contributed by atoms with Gasteiger partial charge in [-0.05, 0) is 38.5 Å². The molecule has 1 aromatic carbocycles. The highest BCUT2D eigenvalue weighted by atomic mass is 32.1. The Balaban J connectivity index is 3.14. The van der Waals surface area contributed by atoms with Crippen LogP contribution in [0.2, 0.25) is 0 Å². The van der Waals surface area contributed by atoms with Gasteiger partial charge in [0.2, 0.25) is 0 Å². The number of ether oxygens (including phenoxy) is 3. The summed E-state index contributed by atoms with van der Waals surface area (Å²) in [6, 6.07) is 3.49. The van der Waals surface area contributed by atoms with Crippen molar-refractivity contribution >= 4 is 29.0 Å². The second-order valence-electron chi connectivity index (χ2n) is 5.65. The number of rotatable bonds is 5. The van der Waals surface area contributed by atoms with Crippen molar-refractivity contribution in [1.82, 2.24) is 0 Å². The fourth-order valence-corrected chi connectivity index (χ4v) is 2.00. The molecule has 0 spiro atoms. The molecule has 0 aliphatic heterocycles. The molecule has 0 saturated heterocycles. The van der Waals surface area contributed by atoms with Gasteiger partial charge in [-0.2, -0.15) is 0 Å². The van der Waals surface area contributed by atoms with E-state index >= 15 is 0 Å². The van der Waals surface area contributed by atoms with E-state index < -0.39 is 11.7 Å². The average molecular weight is 326 g/mol. The molecule has 1 rings (SSSR count). The van der Waals surface area contributed by atoms with Gasteiger partial charge in [0.05, 0.1) is 24.9 Å². The van der Waals surface area contributed by atoms with E-state index in [1.807, 2.05) is 0 Å². The van der Waals surface area contributed by atoms with Crippen molar-refractivity contribution in [2.24, 2.45) is 5.73 Å². The van der Waals surface area contributed by atoms with Gasteiger partial charge in [0.15, 0.2) is 11.5 Å². The summed E-state index contributed by atoms with van der Waals surface area (Å²) in [5.74, 6) is 0.877. The maximum absolute atomic E-state index is 11.9. The summed E-state index contributed by atoms with van der Waals surface area (Å²) in [6.45, 7) is 5.36. The van der Waals surface area contributed by atoms with E-state index in [-0.39, 0.29) is 0 Å². The third-order valence-electron chi connectivity index (χ3n) is 2.55. The Bertz CT molecular complexity index is 567. The van der Waals surface area contributed by atoms with Crippen molar-refractivity contribution in [2.75, 3.05) is 19.5 Å². The fourth-order valence-electron chi connectivity index (χ4n) is 1.83. The molecule has 3 N–H and O–H groups in total. The third kappa shape index (κ3) is 5.40. The number of hydrogen-bond acceptors (Lipinski definition) is 5. The minimum atomic E-state index is -0.599. The molecule has 0 unspecified atom stereocenters. The molecule has 6 nitrogen and oxygen atoms in total. The first-order valence-corrected chi connectivity index (χ1v) is 7.10. The van der Waals surface area contributed by atoms with E-state index in [9.17, 15) is 4.79 Å². The molecule has 0 aromatic heterocycles. The predicted octanol–water partition coefficient (Wildman–Crippen LogP) is 2.88. The number of thiocarbonyl (C=S) groups is 1. The lowest BCUT2D eigenvalue weighted by molar-refractivity contribution is 0.0635. The van der Waals surface area contributed by atoms with Gasteiger partial charge in [-0.1, -0.05) is 12.2 Å². The van der Waals surface area contributed by atoms with Crippen molar-refractivity contribution in [3.63, 3.8) is 0 Å². The number of methoxy groups -OCH3 is 2. The van der Waals surface area contributed by atoms with Crippen molar-refractivity contribution in [2.45, 2.75) is 32.8 Å². The van der Waals surface area contributed by atoms with Crippen LogP contribution in [0.4, 0.5) is 10.5 Å². The van der Waals surface area contributed by atoms with Crippen LogP contribution in [-0.2, 0) is 11.2 Å². The van der Waals surface area contributed by atoms with Gasteiger partial charge in [0.25, 0.3) is 0 Å². The third-order valence-corrected chi connectivity index (χ3v) is 2.70. The summed E-state index contributed by atoms with van der Waals surface area (Å²) in [7, 11) is 3.00. The van der Waals surface area contributed by atoms with Crippen molar-refractivity contribution < 1.29 is 19.0 Å². The molecule has 0 aliphatic carbocycles. The summed E-state index contributed by atoms with van der Waals surface area (Å²) in [6.07, 6.45) is -0.195. The van der Waals surface area contributed by atoms with Crippen molar-refractivity contribution in [3.05, 3.63) is 17.7 Å². The minimum absolute atomic E-state index is 0.343. The first-order chi connectivity index (χ1) is 10.2. The summed E-state index contributed by atoms with van der Waals surface area (Å²) < 4.78 is 15.8. The number of nitrogens with two attached hydrogens (primary N) is 1. The molecule has 1 amide bonds. The number of nitrogens with one attached hydrogen (secondary N) is 1. The number of anilines is 1. The van der Waals surface area contributed by atoms with Gasteiger partial charge in [-0.25, -0.2) is 4.79 Å². The summed E-state index contributed by atoms with van der Waals surface area (Å²) in [5.41, 5.74) is 6.20. The lowest BCUT2D eigenvalue weighted by Crippen LogP contribution is -2.27. The first-order valence-electron chi connectivity index (χ1n) is 6.69. The zero-order valence-electron chi connectivity index (χ0n) is 13.5. The maximum Gasteiger partial charge on any atom is 0.412 e. The van der Waals surface area contributed by atoms with Gasteiger partial charge in [-0.15, -0.1) is 0 Å². The summed E-state index contributed by atoms with van der Waals surface area (Å²) in [4.78, 5) is 12.3. The molecule has 0 fully saturated rings. The number of benzene rings is 1. The van der Waals surface area contributed by atoms with E-state index in [2.05, 4.69) is 5.32 Å². The Morgan fingerprint density at radius 2 is 1.91 bits per heavy atom. The van der Waals surface area contributed by atoms with Gasteiger partial charge in [-0.3, -0.25) is 5.32 Å². The maximum atomic E-state index is 11.9. The highest BCUT2D eigenvalue weighted by Crippen LogP contribution is 2.37. The van der Waals surface area contributed by atoms with Crippen LogP contribution in [0.5, 0.6) is 11.5 Å². The second-order valence-corrected chi connectivity index (χ2v) is 6.17. The van der Waals surface area contributed by atoms with Crippen LogP contribution < -0.4 is 20.5 Å². The van der Waals surface area contributed by atoms with Gasteiger partial charge >= 0.3 is 6.09 Å². The molecule has 0 bridgehead atoms. The fraction of sp³-hybridized carbons (Fsp3) is 0.467. The second kappa shape index (κ2) is 7.31. The van der Waals surface area contributed by atoms with Crippen LogP contribution in [0.1, 0.15) is 26.3 Å². The van der Waals surface area contributed by atoms with E-state index in [4.69, 9.17) is 32.2 Å². The number of hydrogen-bond donors (Lipinski definition) is 2. The van der Waals surface area contributed by atoms with Gasteiger partial charge in [0, 0.05) is 6.42 Å². The van der Waals surface area contributed by atoms with E-state index in [1.165, 1.54) is 14.2 Å². The molecule has 0 saturated carbocycles. The summed E-state index contributed by atoms with van der Waals surface area (Å²) >= 11 is 4.91. The van der Waals surface area contributed by atoms with Gasteiger partial charge < -0.3 is 19.9 Å². The molecule has 7 heteroatoms. The highest BCUT2D eigenvalue weighted by Gasteiger charge is 2.20. The standard InChI is InChI=1S/C15H22N2O4S/c1-15(2,3)21-14(18)17-10-6-9(8-12(16)22)7-11(19-4)13(10)20-5/h6-7H,8H2,1-5H3,(H2,16,22)(H,17,18). The van der Waals surface area contributed by atoms with Crippen molar-refractivity contribution in [3.8, 4) is 11.5 Å². The largest absolute Gasteiger partial charge is 0.493 e. The molecule has 1 aromatic rings. The SMILES string of the molecule is COc1cc(CC(N)=S)cc(NC(=O)OC(C)(C)C)c1OC. The van der Waals surface area contributed by atoms with Crippen LogP contribution in [0.15, 0.2) is 12.1 Å². The van der Waals surface area contributed by atoms with Crippen molar-refractivity contribution in [1.29, 1.82) is 0 Å². The van der Waals surface area contributed by atoms with Crippen LogP contribution in [-0.4, -0.2) is 30.9 Å². The Morgan fingerprint density at radius 1 is 1.27 bits per heavy atom. The quantitative estimate of drug-likeness (QED) is 0.810. The Kier molecular flexibility index (Phi) is 5.99. The molecular weight excluding hydrogens is 304 g/mol. The molecule has 22 heavy (non-hydrogen) atoms. The molecular formula is C15H22N2O4S. The normalized spacial score (nSPS) is 10.8. The Morgan fingerprint density at radius 3 is 2.36 bits per heavy atom. The molecule has 0 atom stereocenters. The molecule has 0 radical (unpaired) electrons. The number of carbonyl (C=O) groups excluding carboxylic acids is 1. The van der Waals surface area contributed by atoms with E-state index in [1.54, 1.807) is 32.9 Å². The van der Waals surface area contributed by atoms with E-state index in [0.717, 1.165) is 5.56 Å². The van der Waals surface area contributed by atoms with Gasteiger partial charge in [0.1, 0.15) is 5.60 Å². The molecule has 122 valence electrons. The Hall–Kier alpha value is -2.02. The Labute approximate surface area is 135 Å². The van der Waals surface area contributed by atoms with Crippen LogP contribution in [0.25, 0.3) is 0 Å². The first kappa shape index (κ1) is 18.0. The summed E-state index contributed by atoms with van der Waals surface area (Å²) in [5, 5.41) is 2.66. The topological polar surface area (TPSA) is 82.8 Å². The van der Waals surface area contributed by atoms with Crippen LogP contribution in [0.3, 0.4) is 0 Å². The minimum Gasteiger partial charge on any atom is -0.493 e. The lowest BCUT2D eigenvalue weighted by Gasteiger charge is -2.21. The smallest absolute Gasteiger partial charge is 0.412 e. The molecule has 0 aliphatic rings.